The number of aromatic nitrogens is 2. The molecular formula is C72H45BN4. The van der Waals surface area contributed by atoms with Crippen LogP contribution in [0.5, 0.6) is 0 Å². The van der Waals surface area contributed by atoms with Gasteiger partial charge in [0.2, 0.25) is 0 Å². The van der Waals surface area contributed by atoms with Gasteiger partial charge in [0.05, 0.1) is 11.2 Å². The van der Waals surface area contributed by atoms with Crippen LogP contribution in [0.3, 0.4) is 0 Å². The summed E-state index contributed by atoms with van der Waals surface area (Å²) in [6.45, 7) is -0.132. The Morgan fingerprint density at radius 1 is 0.286 bits per heavy atom. The second kappa shape index (κ2) is 17.2. The van der Waals surface area contributed by atoms with Crippen LogP contribution in [0.4, 0.5) is 34.1 Å². The monoisotopic (exact) mass is 976 g/mol. The fourth-order valence-electron chi connectivity index (χ4n) is 12.7. The molecule has 16 rings (SSSR count). The Hall–Kier alpha value is -10.1. The molecular weight excluding hydrogens is 932 g/mol. The van der Waals surface area contributed by atoms with Gasteiger partial charge >= 0.3 is 0 Å². The van der Waals surface area contributed by atoms with Gasteiger partial charge in [-0.2, -0.15) is 0 Å². The summed E-state index contributed by atoms with van der Waals surface area (Å²) in [5.41, 5.74) is 19.0. The largest absolute Gasteiger partial charge is 0.311 e. The Morgan fingerprint density at radius 3 is 1.21 bits per heavy atom. The first-order valence-corrected chi connectivity index (χ1v) is 26.5. The maximum Gasteiger partial charge on any atom is 0.252 e. The number of fused-ring (bicyclic) bond motifs is 13. The van der Waals surface area contributed by atoms with E-state index in [4.69, 9.17) is 9.97 Å². The number of hydrogen-bond donors (Lipinski definition) is 0. The summed E-state index contributed by atoms with van der Waals surface area (Å²) in [6.07, 6.45) is 0. The van der Waals surface area contributed by atoms with Crippen LogP contribution in [-0.2, 0) is 0 Å². The molecule has 1 aromatic heterocycles. The number of anilines is 6. The molecule has 0 radical (unpaired) electrons. The minimum Gasteiger partial charge on any atom is -0.311 e. The third-order valence-corrected chi connectivity index (χ3v) is 16.2. The summed E-state index contributed by atoms with van der Waals surface area (Å²) in [6, 6.07) is 100. The Labute approximate surface area is 446 Å². The van der Waals surface area contributed by atoms with Gasteiger partial charge in [0.15, 0.2) is 5.82 Å². The van der Waals surface area contributed by atoms with Crippen molar-refractivity contribution in [1.82, 2.24) is 9.97 Å². The predicted molar refractivity (Wildman–Crippen MR) is 325 cm³/mol. The van der Waals surface area contributed by atoms with Gasteiger partial charge in [0, 0.05) is 61.4 Å². The van der Waals surface area contributed by atoms with Gasteiger partial charge < -0.3 is 9.80 Å². The van der Waals surface area contributed by atoms with Crippen molar-refractivity contribution in [1.29, 1.82) is 0 Å². The molecule has 0 fully saturated rings. The zero-order chi connectivity index (χ0) is 50.6. The minimum atomic E-state index is -0.132. The van der Waals surface area contributed by atoms with Crippen molar-refractivity contribution >= 4 is 111 Å². The van der Waals surface area contributed by atoms with Gasteiger partial charge in [0.25, 0.3) is 6.71 Å². The molecule has 356 valence electrons. The van der Waals surface area contributed by atoms with Crippen LogP contribution in [0.1, 0.15) is 0 Å². The van der Waals surface area contributed by atoms with Gasteiger partial charge in [-0.1, -0.05) is 231 Å². The Morgan fingerprint density at radius 2 is 0.701 bits per heavy atom. The predicted octanol–water partition coefficient (Wildman–Crippen LogP) is 17.0. The highest BCUT2D eigenvalue weighted by molar-refractivity contribution is 7.01. The van der Waals surface area contributed by atoms with Crippen LogP contribution in [0.15, 0.2) is 273 Å². The first-order chi connectivity index (χ1) is 38.2. The van der Waals surface area contributed by atoms with Gasteiger partial charge in [0.1, 0.15) is 0 Å². The lowest BCUT2D eigenvalue weighted by atomic mass is 9.33. The quantitative estimate of drug-likeness (QED) is 0.123. The number of nitrogens with zero attached hydrogens (tertiary/aromatic N) is 4. The standard InChI is InChI=1S/C72H45BN4/c1-4-16-46(17-5-1)48-28-34-54(35-29-48)76-66-44-53(69-62-26-14-15-27-65(62)74-72(75-69)52-22-8-3-9-23-52)45-67-68(66)73(63-42-40-58-56-24-12-10-20-50(56)32-38-60(58)70(63)76)64-43-41-59-57-25-13-11-21-51(57)33-39-61(59)71(64)77(67)55-36-30-49(31-37-55)47-18-6-2-7-19-47/h1-45H. The van der Waals surface area contributed by atoms with Crippen molar-refractivity contribution in [2.45, 2.75) is 0 Å². The molecule has 2 aliphatic rings. The molecule has 77 heavy (non-hydrogen) atoms. The van der Waals surface area contributed by atoms with Gasteiger partial charge in [-0.25, -0.2) is 9.97 Å². The summed E-state index contributed by atoms with van der Waals surface area (Å²) in [5, 5.41) is 10.8. The molecule has 4 nitrogen and oxygen atoms in total. The smallest absolute Gasteiger partial charge is 0.252 e. The van der Waals surface area contributed by atoms with Gasteiger partial charge in [-0.3, -0.25) is 0 Å². The lowest BCUT2D eigenvalue weighted by Crippen LogP contribution is -2.61. The van der Waals surface area contributed by atoms with Crippen molar-refractivity contribution in [3.63, 3.8) is 0 Å². The van der Waals surface area contributed by atoms with E-state index in [2.05, 4.69) is 277 Å². The topological polar surface area (TPSA) is 32.3 Å². The minimum absolute atomic E-state index is 0.132. The zero-order valence-corrected chi connectivity index (χ0v) is 41.8. The molecule has 0 atom stereocenters. The van der Waals surface area contributed by atoms with Crippen LogP contribution >= 0.6 is 0 Å². The summed E-state index contributed by atoms with van der Waals surface area (Å²) < 4.78 is 0. The van der Waals surface area contributed by atoms with Crippen LogP contribution in [-0.4, -0.2) is 16.7 Å². The SMILES string of the molecule is c1ccc(-c2ccc(N3c4cc(-c5nc(-c6ccccc6)nc6ccccc56)cc5c4B(c4ccc6c(ccc7ccccc76)c43)c3ccc4c(ccc6ccccc64)c3N5c3ccc(-c4ccccc4)cc3)cc2)cc1. The highest BCUT2D eigenvalue weighted by Crippen LogP contribution is 2.50. The van der Waals surface area contributed by atoms with Crippen molar-refractivity contribution in [2.24, 2.45) is 0 Å². The van der Waals surface area contributed by atoms with Crippen molar-refractivity contribution in [3.05, 3.63) is 273 Å². The lowest BCUT2D eigenvalue weighted by Gasteiger charge is -2.45. The highest BCUT2D eigenvalue weighted by atomic mass is 15.2. The number of rotatable bonds is 6. The maximum absolute atomic E-state index is 5.60. The first-order valence-electron chi connectivity index (χ1n) is 26.5. The summed E-state index contributed by atoms with van der Waals surface area (Å²) in [5.74, 6) is 0.691. The van der Waals surface area contributed by atoms with E-state index < -0.39 is 0 Å². The van der Waals surface area contributed by atoms with E-state index in [0.29, 0.717) is 5.82 Å². The second-order valence-electron chi connectivity index (χ2n) is 20.4. The fourth-order valence-corrected chi connectivity index (χ4v) is 12.7. The Bertz CT molecular complexity index is 4440. The maximum atomic E-state index is 5.60. The van der Waals surface area contributed by atoms with E-state index >= 15 is 0 Å². The second-order valence-corrected chi connectivity index (χ2v) is 20.4. The van der Waals surface area contributed by atoms with E-state index in [-0.39, 0.29) is 6.71 Å². The molecule has 3 heterocycles. The van der Waals surface area contributed by atoms with Gasteiger partial charge in [-0.05, 0) is 113 Å². The molecule has 0 spiro atoms. The molecule has 0 unspecified atom stereocenters. The van der Waals surface area contributed by atoms with Crippen LogP contribution < -0.4 is 26.2 Å². The molecule has 0 saturated carbocycles. The summed E-state index contributed by atoms with van der Waals surface area (Å²) in [7, 11) is 0. The lowest BCUT2D eigenvalue weighted by molar-refractivity contribution is 1.22. The van der Waals surface area contributed by atoms with E-state index in [1.165, 1.54) is 93.1 Å². The first kappa shape index (κ1) is 43.3. The molecule has 0 aliphatic carbocycles. The van der Waals surface area contributed by atoms with E-state index in [0.717, 1.165) is 50.5 Å². The number of hydrogen-bond acceptors (Lipinski definition) is 4. The van der Waals surface area contributed by atoms with Crippen molar-refractivity contribution in [2.75, 3.05) is 9.80 Å². The number of para-hydroxylation sites is 1. The van der Waals surface area contributed by atoms with Crippen molar-refractivity contribution in [3.8, 4) is 44.9 Å². The molecule has 14 aromatic rings. The molecule has 0 amide bonds. The third-order valence-electron chi connectivity index (χ3n) is 16.2. The molecule has 13 aromatic carbocycles. The molecule has 0 bridgehead atoms. The molecule has 2 aliphatic heterocycles. The van der Waals surface area contributed by atoms with E-state index in [9.17, 15) is 0 Å². The highest BCUT2D eigenvalue weighted by Gasteiger charge is 2.45. The van der Waals surface area contributed by atoms with Crippen molar-refractivity contribution < 1.29 is 0 Å². The molecule has 0 saturated heterocycles. The average molecular weight is 977 g/mol. The average Bonchev–Trinajstić information content (AvgIpc) is 3.58. The normalized spacial score (nSPS) is 12.6. The summed E-state index contributed by atoms with van der Waals surface area (Å²) >= 11 is 0. The molecule has 0 N–H and O–H groups in total. The molecule has 5 heteroatoms. The van der Waals surface area contributed by atoms with Crippen LogP contribution in [0.2, 0.25) is 0 Å². The van der Waals surface area contributed by atoms with E-state index in [1.54, 1.807) is 0 Å². The van der Waals surface area contributed by atoms with Crippen LogP contribution in [0, 0.1) is 0 Å². The zero-order valence-electron chi connectivity index (χ0n) is 41.8. The summed E-state index contributed by atoms with van der Waals surface area (Å²) in [4.78, 5) is 16.0. The van der Waals surface area contributed by atoms with Crippen LogP contribution in [0.25, 0.3) is 98.9 Å². The number of benzene rings is 13. The third kappa shape index (κ3) is 6.80. The Balaban J connectivity index is 1.06. The van der Waals surface area contributed by atoms with E-state index in [1.807, 2.05) is 6.07 Å². The Kier molecular flexibility index (Phi) is 9.70. The fraction of sp³-hybridized carbons (Fsp3) is 0. The van der Waals surface area contributed by atoms with Gasteiger partial charge in [-0.15, -0.1) is 0 Å².